The number of nitrogens with two attached hydrogens (primary N) is 1. The van der Waals surface area contributed by atoms with E-state index in [0.717, 1.165) is 26.1 Å². The van der Waals surface area contributed by atoms with Crippen molar-refractivity contribution in [2.45, 2.75) is 83.5 Å². The molecular formula is C21H43N3. The summed E-state index contributed by atoms with van der Waals surface area (Å²) in [6.07, 6.45) is 22.3. The van der Waals surface area contributed by atoms with Gasteiger partial charge in [0.05, 0.1) is 0 Å². The van der Waals surface area contributed by atoms with Crippen molar-refractivity contribution >= 4 is 0 Å². The minimum Gasteiger partial charge on any atom is -0.330 e. The van der Waals surface area contributed by atoms with Crippen molar-refractivity contribution in [1.82, 2.24) is 10.2 Å². The highest BCUT2D eigenvalue weighted by atomic mass is 15.1. The molecule has 0 atom stereocenters. The van der Waals surface area contributed by atoms with E-state index >= 15 is 0 Å². The van der Waals surface area contributed by atoms with Gasteiger partial charge in [0.1, 0.15) is 0 Å². The fourth-order valence-corrected chi connectivity index (χ4v) is 3.43. The molecule has 1 aliphatic heterocycles. The van der Waals surface area contributed by atoms with Crippen molar-refractivity contribution in [2.24, 2.45) is 5.73 Å². The number of allylic oxidation sites excluding steroid dienone is 2. The fourth-order valence-electron chi connectivity index (χ4n) is 3.43. The molecule has 0 saturated heterocycles. The van der Waals surface area contributed by atoms with Gasteiger partial charge in [-0.3, -0.25) is 0 Å². The summed E-state index contributed by atoms with van der Waals surface area (Å²) in [5, 5.41) is 3.56. The molecule has 1 heterocycles. The Morgan fingerprint density at radius 2 is 1.33 bits per heavy atom. The summed E-state index contributed by atoms with van der Waals surface area (Å²) < 4.78 is 0. The lowest BCUT2D eigenvalue weighted by atomic mass is 10.1. The number of hydrogen-bond donors (Lipinski definition) is 2. The summed E-state index contributed by atoms with van der Waals surface area (Å²) in [5.41, 5.74) is 5.53. The number of unbranched alkanes of at least 4 members (excludes halogenated alkanes) is 1. The van der Waals surface area contributed by atoms with Crippen molar-refractivity contribution in [3.8, 4) is 0 Å². The molecule has 3 nitrogen and oxygen atoms in total. The van der Waals surface area contributed by atoms with Crippen LogP contribution in [0.25, 0.3) is 0 Å². The Hall–Kier alpha value is -0.380. The van der Waals surface area contributed by atoms with E-state index in [0.29, 0.717) is 0 Å². The van der Waals surface area contributed by atoms with Crippen LogP contribution in [0.15, 0.2) is 12.2 Å². The first-order chi connectivity index (χ1) is 11.9. The van der Waals surface area contributed by atoms with Crippen LogP contribution in [0.2, 0.25) is 0 Å². The van der Waals surface area contributed by atoms with Crippen LogP contribution in [0.4, 0.5) is 0 Å². The van der Waals surface area contributed by atoms with Gasteiger partial charge in [0.2, 0.25) is 0 Å². The van der Waals surface area contributed by atoms with Crippen molar-refractivity contribution in [3.05, 3.63) is 12.2 Å². The molecule has 0 radical (unpaired) electrons. The normalized spacial score (nSPS) is 21.0. The van der Waals surface area contributed by atoms with Crippen molar-refractivity contribution in [3.63, 3.8) is 0 Å². The van der Waals surface area contributed by atoms with E-state index < -0.39 is 0 Å². The first kappa shape index (κ1) is 21.7. The van der Waals surface area contributed by atoms with Gasteiger partial charge in [0.15, 0.2) is 0 Å². The monoisotopic (exact) mass is 337 g/mol. The van der Waals surface area contributed by atoms with Crippen LogP contribution in [0.5, 0.6) is 0 Å². The van der Waals surface area contributed by atoms with E-state index in [1.165, 1.54) is 96.7 Å². The average molecular weight is 338 g/mol. The second kappa shape index (κ2) is 17.4. The molecule has 0 spiro atoms. The van der Waals surface area contributed by atoms with E-state index in [1.807, 2.05) is 0 Å². The molecule has 0 aromatic heterocycles. The Morgan fingerprint density at radius 3 is 2.12 bits per heavy atom. The van der Waals surface area contributed by atoms with Crippen LogP contribution in [0.1, 0.15) is 83.5 Å². The average Bonchev–Trinajstić information content (AvgIpc) is 2.60. The lowest BCUT2D eigenvalue weighted by Crippen LogP contribution is -2.30. The van der Waals surface area contributed by atoms with Gasteiger partial charge in [0, 0.05) is 0 Å². The molecular weight excluding hydrogens is 294 g/mol. The molecule has 1 aliphatic rings. The molecule has 0 fully saturated rings. The van der Waals surface area contributed by atoms with Crippen molar-refractivity contribution in [2.75, 3.05) is 39.3 Å². The SMILES string of the molecule is NCCCCNCCCN1CCC/C=C\CCCCCCCCC1. The van der Waals surface area contributed by atoms with Gasteiger partial charge in [-0.1, -0.05) is 44.3 Å². The van der Waals surface area contributed by atoms with Gasteiger partial charge in [-0.05, 0) is 90.6 Å². The predicted octanol–water partition coefficient (Wildman–Crippen LogP) is 4.48. The van der Waals surface area contributed by atoms with Crippen LogP contribution in [0.3, 0.4) is 0 Å². The first-order valence-corrected chi connectivity index (χ1v) is 10.7. The van der Waals surface area contributed by atoms with Gasteiger partial charge in [-0.2, -0.15) is 0 Å². The zero-order valence-corrected chi connectivity index (χ0v) is 16.1. The lowest BCUT2D eigenvalue weighted by Gasteiger charge is -2.22. The van der Waals surface area contributed by atoms with E-state index in [-0.39, 0.29) is 0 Å². The topological polar surface area (TPSA) is 41.3 Å². The summed E-state index contributed by atoms with van der Waals surface area (Å²) in [4.78, 5) is 2.70. The highest BCUT2D eigenvalue weighted by Crippen LogP contribution is 2.11. The summed E-state index contributed by atoms with van der Waals surface area (Å²) in [7, 11) is 0. The maximum atomic E-state index is 5.53. The first-order valence-electron chi connectivity index (χ1n) is 10.7. The maximum absolute atomic E-state index is 5.53. The number of hydrogen-bond acceptors (Lipinski definition) is 3. The third-order valence-corrected chi connectivity index (χ3v) is 4.99. The Bertz CT molecular complexity index is 278. The second-order valence-corrected chi connectivity index (χ2v) is 7.32. The molecule has 3 N–H and O–H groups in total. The van der Waals surface area contributed by atoms with Gasteiger partial charge in [-0.15, -0.1) is 0 Å². The Labute approximate surface area is 151 Å². The molecule has 0 saturated carbocycles. The van der Waals surface area contributed by atoms with Gasteiger partial charge >= 0.3 is 0 Å². The van der Waals surface area contributed by atoms with E-state index in [4.69, 9.17) is 5.73 Å². The predicted molar refractivity (Wildman–Crippen MR) is 108 cm³/mol. The summed E-state index contributed by atoms with van der Waals surface area (Å²) >= 11 is 0. The van der Waals surface area contributed by atoms with Gasteiger partial charge in [-0.25, -0.2) is 0 Å². The second-order valence-electron chi connectivity index (χ2n) is 7.32. The zero-order valence-electron chi connectivity index (χ0n) is 16.1. The third-order valence-electron chi connectivity index (χ3n) is 4.99. The van der Waals surface area contributed by atoms with E-state index in [1.54, 1.807) is 0 Å². The quantitative estimate of drug-likeness (QED) is 0.507. The van der Waals surface area contributed by atoms with Gasteiger partial charge < -0.3 is 16.0 Å². The standard InChI is InChI=1S/C21H43N3/c22-16-11-12-17-23-18-15-21-24-19-13-9-7-5-3-1-2-4-6-8-10-14-20-24/h5,7,23H,1-4,6,8-22H2/b7-5-. The Balaban J connectivity index is 2.16. The van der Waals surface area contributed by atoms with Crippen LogP contribution >= 0.6 is 0 Å². The summed E-state index contributed by atoms with van der Waals surface area (Å²) in [6, 6.07) is 0. The highest BCUT2D eigenvalue weighted by molar-refractivity contribution is 4.81. The van der Waals surface area contributed by atoms with Crippen molar-refractivity contribution < 1.29 is 0 Å². The molecule has 0 amide bonds. The fraction of sp³-hybridized carbons (Fsp3) is 0.905. The Morgan fingerprint density at radius 1 is 0.708 bits per heavy atom. The number of nitrogens with zero attached hydrogens (tertiary/aromatic N) is 1. The van der Waals surface area contributed by atoms with Crippen LogP contribution < -0.4 is 11.1 Å². The molecule has 1 rings (SSSR count). The van der Waals surface area contributed by atoms with E-state index in [2.05, 4.69) is 22.4 Å². The molecule has 0 unspecified atom stereocenters. The lowest BCUT2D eigenvalue weighted by molar-refractivity contribution is 0.260. The number of nitrogens with one attached hydrogen (secondary N) is 1. The smallest absolute Gasteiger partial charge is 0.000664 e. The molecule has 142 valence electrons. The highest BCUT2D eigenvalue weighted by Gasteiger charge is 2.04. The summed E-state index contributed by atoms with van der Waals surface area (Å²) in [6.45, 7) is 6.94. The molecule has 0 aromatic rings. The molecule has 24 heavy (non-hydrogen) atoms. The minimum absolute atomic E-state index is 0.823. The largest absolute Gasteiger partial charge is 0.330 e. The third kappa shape index (κ3) is 14.0. The van der Waals surface area contributed by atoms with Crippen molar-refractivity contribution in [1.29, 1.82) is 0 Å². The molecule has 0 bridgehead atoms. The van der Waals surface area contributed by atoms with E-state index in [9.17, 15) is 0 Å². The summed E-state index contributed by atoms with van der Waals surface area (Å²) in [5.74, 6) is 0. The zero-order chi connectivity index (χ0) is 17.1. The van der Waals surface area contributed by atoms with Gasteiger partial charge in [0.25, 0.3) is 0 Å². The molecule has 3 heteroatoms. The maximum Gasteiger partial charge on any atom is -0.000664 e. The minimum atomic E-state index is 0.823. The number of rotatable bonds is 8. The van der Waals surface area contributed by atoms with Crippen LogP contribution in [-0.4, -0.2) is 44.2 Å². The van der Waals surface area contributed by atoms with Crippen LogP contribution in [-0.2, 0) is 0 Å². The molecule has 0 aliphatic carbocycles. The Kier molecular flexibility index (Phi) is 15.7. The van der Waals surface area contributed by atoms with Crippen LogP contribution in [0, 0.1) is 0 Å². The molecule has 0 aromatic carbocycles.